The highest BCUT2D eigenvalue weighted by molar-refractivity contribution is 6.30. The molecule has 1 atom stereocenters. The third-order valence-corrected chi connectivity index (χ3v) is 2.63. The first-order valence-corrected chi connectivity index (χ1v) is 5.77. The van der Waals surface area contributed by atoms with Crippen molar-refractivity contribution in [2.75, 3.05) is 6.61 Å². The fourth-order valence-corrected chi connectivity index (χ4v) is 1.65. The summed E-state index contributed by atoms with van der Waals surface area (Å²) >= 11 is 5.87. The highest BCUT2D eigenvalue weighted by Crippen LogP contribution is 2.19. The Bertz CT molecular complexity index is 494. The van der Waals surface area contributed by atoms with Crippen LogP contribution in [0.4, 0.5) is 0 Å². The van der Waals surface area contributed by atoms with E-state index in [1.807, 2.05) is 12.1 Å². The van der Waals surface area contributed by atoms with Crippen LogP contribution in [-0.4, -0.2) is 16.6 Å². The first-order chi connectivity index (χ1) is 8.79. The Labute approximate surface area is 110 Å². The van der Waals surface area contributed by atoms with Crippen LogP contribution in [0.1, 0.15) is 11.6 Å². The van der Waals surface area contributed by atoms with Crippen molar-refractivity contribution < 1.29 is 4.74 Å². The normalized spacial score (nSPS) is 12.1. The zero-order valence-corrected chi connectivity index (χ0v) is 10.3. The van der Waals surface area contributed by atoms with Crippen LogP contribution in [0.5, 0.6) is 5.75 Å². The molecule has 0 aliphatic carbocycles. The molecule has 1 unspecified atom stereocenters. The van der Waals surface area contributed by atoms with Crippen LogP contribution in [0.15, 0.2) is 43.0 Å². The fraction of sp³-hybridized carbons (Fsp3) is 0.167. The van der Waals surface area contributed by atoms with E-state index >= 15 is 0 Å². The average Bonchev–Trinajstić information content (AvgIpc) is 2.41. The van der Waals surface area contributed by atoms with Gasteiger partial charge in [0.2, 0.25) is 0 Å². The van der Waals surface area contributed by atoms with Crippen LogP contribution < -0.4 is 16.0 Å². The molecule has 0 aliphatic rings. The van der Waals surface area contributed by atoms with Crippen LogP contribution in [0, 0.1) is 0 Å². The number of nitrogens with two attached hydrogens (primary N) is 1. The Morgan fingerprint density at radius 1 is 1.33 bits per heavy atom. The van der Waals surface area contributed by atoms with Gasteiger partial charge >= 0.3 is 0 Å². The van der Waals surface area contributed by atoms with E-state index in [2.05, 4.69) is 15.4 Å². The van der Waals surface area contributed by atoms with E-state index in [-0.39, 0.29) is 6.04 Å². The van der Waals surface area contributed by atoms with Crippen molar-refractivity contribution in [3.8, 4) is 5.75 Å². The SMILES string of the molecule is NNC(COc1cccc(Cl)c1)c1cncnc1. The molecule has 18 heavy (non-hydrogen) atoms. The Morgan fingerprint density at radius 2 is 2.11 bits per heavy atom. The molecule has 1 aromatic carbocycles. The van der Waals surface area contributed by atoms with Gasteiger partial charge in [-0.3, -0.25) is 5.84 Å². The molecule has 0 fully saturated rings. The molecule has 1 aromatic heterocycles. The van der Waals surface area contributed by atoms with E-state index in [4.69, 9.17) is 22.2 Å². The molecule has 0 aliphatic heterocycles. The van der Waals surface area contributed by atoms with Crippen molar-refractivity contribution in [3.63, 3.8) is 0 Å². The maximum atomic E-state index is 5.87. The van der Waals surface area contributed by atoms with Gasteiger partial charge in [0.1, 0.15) is 18.7 Å². The number of hydrazine groups is 1. The van der Waals surface area contributed by atoms with E-state index in [1.165, 1.54) is 6.33 Å². The van der Waals surface area contributed by atoms with Crippen LogP contribution >= 0.6 is 11.6 Å². The summed E-state index contributed by atoms with van der Waals surface area (Å²) in [5.41, 5.74) is 3.53. The lowest BCUT2D eigenvalue weighted by atomic mass is 10.2. The van der Waals surface area contributed by atoms with Gasteiger partial charge in [0, 0.05) is 23.0 Å². The quantitative estimate of drug-likeness (QED) is 0.635. The van der Waals surface area contributed by atoms with Crippen molar-refractivity contribution in [1.82, 2.24) is 15.4 Å². The monoisotopic (exact) mass is 264 g/mol. The molecule has 3 N–H and O–H groups in total. The molecule has 0 bridgehead atoms. The summed E-state index contributed by atoms with van der Waals surface area (Å²) in [6.45, 7) is 0.365. The van der Waals surface area contributed by atoms with E-state index in [1.54, 1.807) is 24.5 Å². The second-order valence-corrected chi connectivity index (χ2v) is 4.10. The Morgan fingerprint density at radius 3 is 2.78 bits per heavy atom. The number of nitrogens with zero attached hydrogens (tertiary/aromatic N) is 2. The first kappa shape index (κ1) is 12.8. The Hall–Kier alpha value is -1.69. The molecule has 0 radical (unpaired) electrons. The lowest BCUT2D eigenvalue weighted by Gasteiger charge is -2.16. The average molecular weight is 265 g/mol. The minimum Gasteiger partial charge on any atom is -0.491 e. The molecular weight excluding hydrogens is 252 g/mol. The standard InChI is InChI=1S/C12H13ClN4O/c13-10-2-1-3-11(4-10)18-7-12(17-14)9-5-15-8-16-6-9/h1-6,8,12,17H,7,14H2. The molecule has 0 saturated heterocycles. The van der Waals surface area contributed by atoms with Gasteiger partial charge in [0.25, 0.3) is 0 Å². The van der Waals surface area contributed by atoms with Crippen molar-refractivity contribution in [3.05, 3.63) is 53.6 Å². The summed E-state index contributed by atoms with van der Waals surface area (Å²) in [7, 11) is 0. The number of ether oxygens (including phenoxy) is 1. The number of benzene rings is 1. The number of halogens is 1. The van der Waals surface area contributed by atoms with E-state index < -0.39 is 0 Å². The minimum atomic E-state index is -0.176. The zero-order chi connectivity index (χ0) is 12.8. The molecular formula is C12H13ClN4O. The molecule has 2 aromatic rings. The van der Waals surface area contributed by atoms with Crippen molar-refractivity contribution in [2.45, 2.75) is 6.04 Å². The predicted molar refractivity (Wildman–Crippen MR) is 69.0 cm³/mol. The third kappa shape index (κ3) is 3.40. The molecule has 2 rings (SSSR count). The fourth-order valence-electron chi connectivity index (χ4n) is 1.47. The van der Waals surface area contributed by atoms with E-state index in [9.17, 15) is 0 Å². The largest absolute Gasteiger partial charge is 0.491 e. The van der Waals surface area contributed by atoms with Gasteiger partial charge in [-0.1, -0.05) is 17.7 Å². The highest BCUT2D eigenvalue weighted by Gasteiger charge is 2.11. The maximum absolute atomic E-state index is 5.87. The van der Waals surface area contributed by atoms with Crippen molar-refractivity contribution in [2.24, 2.45) is 5.84 Å². The number of hydrogen-bond donors (Lipinski definition) is 2. The van der Waals surface area contributed by atoms with Crippen molar-refractivity contribution >= 4 is 11.6 Å². The smallest absolute Gasteiger partial charge is 0.120 e. The van der Waals surface area contributed by atoms with Gasteiger partial charge in [0.15, 0.2) is 0 Å². The van der Waals surface area contributed by atoms with Crippen LogP contribution in [0.3, 0.4) is 0 Å². The molecule has 6 heteroatoms. The summed E-state index contributed by atoms with van der Waals surface area (Å²) < 4.78 is 5.61. The summed E-state index contributed by atoms with van der Waals surface area (Å²) in [6, 6.07) is 7.02. The third-order valence-electron chi connectivity index (χ3n) is 2.40. The lowest BCUT2D eigenvalue weighted by Crippen LogP contribution is -2.32. The summed E-state index contributed by atoms with van der Waals surface area (Å²) in [5, 5.41) is 0.632. The first-order valence-electron chi connectivity index (χ1n) is 5.39. The minimum absolute atomic E-state index is 0.176. The van der Waals surface area contributed by atoms with Gasteiger partial charge in [0.05, 0.1) is 6.04 Å². The second kappa shape index (κ2) is 6.30. The topological polar surface area (TPSA) is 73.1 Å². The number of aromatic nitrogens is 2. The molecule has 0 amide bonds. The molecule has 1 heterocycles. The van der Waals surface area contributed by atoms with Crippen LogP contribution in [-0.2, 0) is 0 Å². The molecule has 5 nitrogen and oxygen atoms in total. The predicted octanol–water partition coefficient (Wildman–Crippen LogP) is 1.71. The highest BCUT2D eigenvalue weighted by atomic mass is 35.5. The van der Waals surface area contributed by atoms with Crippen LogP contribution in [0.25, 0.3) is 0 Å². The summed E-state index contributed by atoms with van der Waals surface area (Å²) in [6.07, 6.45) is 4.85. The summed E-state index contributed by atoms with van der Waals surface area (Å²) in [5.74, 6) is 6.18. The van der Waals surface area contributed by atoms with Crippen molar-refractivity contribution in [1.29, 1.82) is 0 Å². The van der Waals surface area contributed by atoms with Gasteiger partial charge < -0.3 is 4.74 Å². The second-order valence-electron chi connectivity index (χ2n) is 3.66. The number of hydrogen-bond acceptors (Lipinski definition) is 5. The van der Waals surface area contributed by atoms with Gasteiger partial charge in [-0.05, 0) is 18.2 Å². The lowest BCUT2D eigenvalue weighted by molar-refractivity contribution is 0.267. The number of nitrogens with one attached hydrogen (secondary N) is 1. The molecule has 0 spiro atoms. The van der Waals surface area contributed by atoms with Crippen LogP contribution in [0.2, 0.25) is 5.02 Å². The number of rotatable bonds is 5. The molecule has 0 saturated carbocycles. The van der Waals surface area contributed by atoms with E-state index in [0.717, 1.165) is 5.56 Å². The van der Waals surface area contributed by atoms with Gasteiger partial charge in [-0.15, -0.1) is 0 Å². The van der Waals surface area contributed by atoms with Gasteiger partial charge in [-0.2, -0.15) is 0 Å². The maximum Gasteiger partial charge on any atom is 0.120 e. The Kier molecular flexibility index (Phi) is 4.46. The van der Waals surface area contributed by atoms with Gasteiger partial charge in [-0.25, -0.2) is 15.4 Å². The zero-order valence-electron chi connectivity index (χ0n) is 9.58. The molecule has 94 valence electrons. The summed E-state index contributed by atoms with van der Waals surface area (Å²) in [4.78, 5) is 7.88. The van der Waals surface area contributed by atoms with E-state index in [0.29, 0.717) is 17.4 Å². The Balaban J connectivity index is 2.00.